The molecule has 0 bridgehead atoms. The van der Waals surface area contributed by atoms with Crippen LogP contribution in [0.1, 0.15) is 27.0 Å². The zero-order valence-electron chi connectivity index (χ0n) is 13.6. The molecule has 3 rings (SSSR count). The van der Waals surface area contributed by atoms with E-state index in [1.807, 2.05) is 62.5 Å². The first-order chi connectivity index (χ1) is 11.5. The van der Waals surface area contributed by atoms with Gasteiger partial charge in [-0.25, -0.2) is 0 Å². The van der Waals surface area contributed by atoms with Crippen molar-refractivity contribution in [3.8, 4) is 0 Å². The van der Waals surface area contributed by atoms with Gasteiger partial charge < -0.3 is 5.32 Å². The van der Waals surface area contributed by atoms with Crippen LogP contribution in [0.3, 0.4) is 0 Å². The molecule has 0 unspecified atom stereocenters. The first kappa shape index (κ1) is 16.3. The number of anilines is 1. The van der Waals surface area contributed by atoms with E-state index in [4.69, 9.17) is 11.6 Å². The predicted molar refractivity (Wildman–Crippen MR) is 96.7 cm³/mol. The summed E-state index contributed by atoms with van der Waals surface area (Å²) in [5.74, 6) is 0.363. The number of carbonyl (C=O) groups is 1. The third-order valence-electron chi connectivity index (χ3n) is 3.80. The van der Waals surface area contributed by atoms with E-state index in [-0.39, 0.29) is 5.91 Å². The molecule has 1 aromatic heterocycles. The SMILES string of the molecule is Cc1ccc(C(=O)Nc2ccn(Cc3ccccc3Cl)n2)c(C)c1. The fraction of sp³-hybridized carbons (Fsp3) is 0.158. The molecule has 1 heterocycles. The second-order valence-electron chi connectivity index (χ2n) is 5.76. The Morgan fingerprint density at radius 3 is 2.71 bits per heavy atom. The molecule has 4 nitrogen and oxygen atoms in total. The lowest BCUT2D eigenvalue weighted by atomic mass is 10.1. The molecule has 0 atom stereocenters. The summed E-state index contributed by atoms with van der Waals surface area (Å²) >= 11 is 6.16. The Labute approximate surface area is 146 Å². The molecule has 1 N–H and O–H groups in total. The average Bonchev–Trinajstić information content (AvgIpc) is 2.96. The van der Waals surface area contributed by atoms with Crippen molar-refractivity contribution in [3.63, 3.8) is 0 Å². The Bertz CT molecular complexity index is 886. The number of carbonyl (C=O) groups excluding carboxylic acids is 1. The number of rotatable bonds is 4. The molecule has 0 aliphatic rings. The van der Waals surface area contributed by atoms with Crippen LogP contribution >= 0.6 is 11.6 Å². The lowest BCUT2D eigenvalue weighted by Gasteiger charge is -2.07. The summed E-state index contributed by atoms with van der Waals surface area (Å²) in [6.07, 6.45) is 1.82. The zero-order chi connectivity index (χ0) is 17.1. The molecular formula is C19H18ClN3O. The summed E-state index contributed by atoms with van der Waals surface area (Å²) < 4.78 is 1.75. The van der Waals surface area contributed by atoms with Gasteiger partial charge in [0, 0.05) is 22.8 Å². The Balaban J connectivity index is 1.72. The molecule has 0 fully saturated rings. The van der Waals surface area contributed by atoms with Gasteiger partial charge in [-0.05, 0) is 37.1 Å². The van der Waals surface area contributed by atoms with Crippen molar-refractivity contribution in [1.29, 1.82) is 0 Å². The minimum atomic E-state index is -0.157. The van der Waals surface area contributed by atoms with E-state index in [9.17, 15) is 4.79 Å². The normalized spacial score (nSPS) is 10.6. The van der Waals surface area contributed by atoms with E-state index in [0.717, 1.165) is 16.7 Å². The van der Waals surface area contributed by atoms with E-state index >= 15 is 0 Å². The Morgan fingerprint density at radius 1 is 1.17 bits per heavy atom. The molecule has 5 heteroatoms. The smallest absolute Gasteiger partial charge is 0.257 e. The quantitative estimate of drug-likeness (QED) is 0.763. The largest absolute Gasteiger partial charge is 0.305 e. The van der Waals surface area contributed by atoms with Crippen molar-refractivity contribution in [2.75, 3.05) is 5.32 Å². The number of aryl methyl sites for hydroxylation is 2. The molecule has 0 aliphatic carbocycles. The predicted octanol–water partition coefficient (Wildman–Crippen LogP) is 4.45. The highest BCUT2D eigenvalue weighted by Gasteiger charge is 2.11. The van der Waals surface area contributed by atoms with Crippen LogP contribution in [0.2, 0.25) is 5.02 Å². The summed E-state index contributed by atoms with van der Waals surface area (Å²) in [7, 11) is 0. The number of hydrogen-bond donors (Lipinski definition) is 1. The number of halogens is 1. The minimum absolute atomic E-state index is 0.157. The van der Waals surface area contributed by atoms with Crippen LogP contribution in [0.25, 0.3) is 0 Å². The number of nitrogens with one attached hydrogen (secondary N) is 1. The molecule has 0 aliphatic heterocycles. The van der Waals surface area contributed by atoms with Gasteiger partial charge in [-0.15, -0.1) is 0 Å². The molecule has 0 radical (unpaired) electrons. The van der Waals surface area contributed by atoms with Crippen molar-refractivity contribution in [2.24, 2.45) is 0 Å². The van der Waals surface area contributed by atoms with Gasteiger partial charge in [0.1, 0.15) is 0 Å². The fourth-order valence-electron chi connectivity index (χ4n) is 2.57. The topological polar surface area (TPSA) is 46.9 Å². The number of benzene rings is 2. The third kappa shape index (κ3) is 3.66. The number of amides is 1. The number of hydrogen-bond acceptors (Lipinski definition) is 2. The zero-order valence-corrected chi connectivity index (χ0v) is 14.3. The van der Waals surface area contributed by atoms with Gasteiger partial charge in [0.05, 0.1) is 6.54 Å². The molecule has 1 amide bonds. The van der Waals surface area contributed by atoms with Gasteiger partial charge in [-0.1, -0.05) is 47.5 Å². The first-order valence-corrected chi connectivity index (χ1v) is 8.06. The first-order valence-electron chi connectivity index (χ1n) is 7.68. The van der Waals surface area contributed by atoms with Gasteiger partial charge in [-0.3, -0.25) is 9.48 Å². The summed E-state index contributed by atoms with van der Waals surface area (Å²) in [5.41, 5.74) is 3.71. The average molecular weight is 340 g/mol. The van der Waals surface area contributed by atoms with E-state index in [1.54, 1.807) is 10.7 Å². The molecule has 3 aromatic rings. The molecular weight excluding hydrogens is 322 g/mol. The monoisotopic (exact) mass is 339 g/mol. The molecule has 0 saturated carbocycles. The van der Waals surface area contributed by atoms with Crippen LogP contribution in [-0.2, 0) is 6.54 Å². The van der Waals surface area contributed by atoms with Crippen molar-refractivity contribution < 1.29 is 4.79 Å². The highest BCUT2D eigenvalue weighted by atomic mass is 35.5. The third-order valence-corrected chi connectivity index (χ3v) is 4.17. The highest BCUT2D eigenvalue weighted by molar-refractivity contribution is 6.31. The van der Waals surface area contributed by atoms with Crippen LogP contribution in [0, 0.1) is 13.8 Å². The van der Waals surface area contributed by atoms with Crippen LogP contribution in [0.5, 0.6) is 0 Å². The Kier molecular flexibility index (Phi) is 4.67. The summed E-state index contributed by atoms with van der Waals surface area (Å²) in [6.45, 7) is 4.49. The van der Waals surface area contributed by atoms with Crippen LogP contribution in [0.4, 0.5) is 5.82 Å². The number of aromatic nitrogens is 2. The van der Waals surface area contributed by atoms with Crippen LogP contribution in [0.15, 0.2) is 54.7 Å². The second-order valence-corrected chi connectivity index (χ2v) is 6.17. The summed E-state index contributed by atoms with van der Waals surface area (Å²) in [5, 5.41) is 7.92. The van der Waals surface area contributed by atoms with Crippen LogP contribution < -0.4 is 5.32 Å². The second kappa shape index (κ2) is 6.89. The summed E-state index contributed by atoms with van der Waals surface area (Å²) in [6, 6.07) is 15.2. The van der Waals surface area contributed by atoms with Gasteiger partial charge in [0.15, 0.2) is 5.82 Å². The van der Waals surface area contributed by atoms with E-state index < -0.39 is 0 Å². The van der Waals surface area contributed by atoms with Crippen molar-refractivity contribution in [3.05, 3.63) is 82.0 Å². The molecule has 24 heavy (non-hydrogen) atoms. The van der Waals surface area contributed by atoms with E-state index in [0.29, 0.717) is 22.9 Å². The lowest BCUT2D eigenvalue weighted by molar-refractivity contribution is 0.102. The maximum atomic E-state index is 12.4. The fourth-order valence-corrected chi connectivity index (χ4v) is 2.77. The van der Waals surface area contributed by atoms with Crippen molar-refractivity contribution >= 4 is 23.3 Å². The molecule has 122 valence electrons. The minimum Gasteiger partial charge on any atom is -0.305 e. The number of nitrogens with zero attached hydrogens (tertiary/aromatic N) is 2. The Morgan fingerprint density at radius 2 is 1.96 bits per heavy atom. The van der Waals surface area contributed by atoms with Crippen molar-refractivity contribution in [1.82, 2.24) is 9.78 Å². The van der Waals surface area contributed by atoms with Gasteiger partial charge in [0.25, 0.3) is 5.91 Å². The Hall–Kier alpha value is -2.59. The van der Waals surface area contributed by atoms with Gasteiger partial charge in [0.2, 0.25) is 0 Å². The molecule has 0 spiro atoms. The maximum absolute atomic E-state index is 12.4. The maximum Gasteiger partial charge on any atom is 0.257 e. The van der Waals surface area contributed by atoms with E-state index in [1.165, 1.54) is 0 Å². The van der Waals surface area contributed by atoms with Crippen LogP contribution in [-0.4, -0.2) is 15.7 Å². The summed E-state index contributed by atoms with van der Waals surface area (Å²) in [4.78, 5) is 12.4. The van der Waals surface area contributed by atoms with E-state index in [2.05, 4.69) is 10.4 Å². The van der Waals surface area contributed by atoms with Gasteiger partial charge in [-0.2, -0.15) is 5.10 Å². The standard InChI is InChI=1S/C19H18ClN3O/c1-13-7-8-16(14(2)11-13)19(24)21-18-9-10-23(22-18)12-15-5-3-4-6-17(15)20/h3-11H,12H2,1-2H3,(H,21,22,24). The van der Waals surface area contributed by atoms with Gasteiger partial charge >= 0.3 is 0 Å². The highest BCUT2D eigenvalue weighted by Crippen LogP contribution is 2.17. The molecule has 0 saturated heterocycles. The molecule has 2 aromatic carbocycles. The lowest BCUT2D eigenvalue weighted by Crippen LogP contribution is -2.14. The van der Waals surface area contributed by atoms with Crippen molar-refractivity contribution in [2.45, 2.75) is 20.4 Å².